The molecule has 3 rings (SSSR count). The van der Waals surface area contributed by atoms with Gasteiger partial charge in [-0.3, -0.25) is 4.79 Å². The van der Waals surface area contributed by atoms with E-state index in [0.29, 0.717) is 10.7 Å². The summed E-state index contributed by atoms with van der Waals surface area (Å²) in [6.07, 6.45) is 1.61. The molecule has 23 heavy (non-hydrogen) atoms. The highest BCUT2D eigenvalue weighted by molar-refractivity contribution is 6.30. The molecule has 6 nitrogen and oxygen atoms in total. The van der Waals surface area contributed by atoms with Crippen molar-refractivity contribution in [3.63, 3.8) is 0 Å². The van der Waals surface area contributed by atoms with Crippen LogP contribution in [0.15, 0.2) is 34.9 Å². The molecule has 1 amide bonds. The summed E-state index contributed by atoms with van der Waals surface area (Å²) in [5.74, 6) is -1.47. The Kier molecular flexibility index (Phi) is 4.09. The number of amides is 1. The molecule has 2 aromatic rings. The van der Waals surface area contributed by atoms with Gasteiger partial charge in [0.1, 0.15) is 11.7 Å². The minimum atomic E-state index is -1.04. The lowest BCUT2D eigenvalue weighted by molar-refractivity contribution is -0.141. The van der Waals surface area contributed by atoms with E-state index in [2.05, 4.69) is 5.16 Å². The van der Waals surface area contributed by atoms with Gasteiger partial charge in [0.05, 0.1) is 0 Å². The van der Waals surface area contributed by atoms with Crippen LogP contribution < -0.4 is 0 Å². The van der Waals surface area contributed by atoms with Crippen molar-refractivity contribution in [2.24, 2.45) is 0 Å². The van der Waals surface area contributed by atoms with E-state index in [9.17, 15) is 14.7 Å². The van der Waals surface area contributed by atoms with E-state index in [4.69, 9.17) is 16.1 Å². The molecule has 0 saturated heterocycles. The summed E-state index contributed by atoms with van der Waals surface area (Å²) in [5.41, 5.74) is 1.21. The van der Waals surface area contributed by atoms with Crippen LogP contribution in [0.1, 0.15) is 30.3 Å². The zero-order chi connectivity index (χ0) is 16.6. The second-order valence-electron chi connectivity index (χ2n) is 5.54. The second-order valence-corrected chi connectivity index (χ2v) is 5.98. The fourth-order valence-corrected chi connectivity index (χ4v) is 2.61. The lowest BCUT2D eigenvalue weighted by Crippen LogP contribution is -2.44. The van der Waals surface area contributed by atoms with Crippen LogP contribution >= 0.6 is 11.6 Å². The molecule has 0 bridgehead atoms. The fourth-order valence-electron chi connectivity index (χ4n) is 2.42. The fraction of sp³-hybridized carbons (Fsp3) is 0.312. The third kappa shape index (κ3) is 3.22. The Labute approximate surface area is 137 Å². The van der Waals surface area contributed by atoms with Gasteiger partial charge in [-0.15, -0.1) is 0 Å². The summed E-state index contributed by atoms with van der Waals surface area (Å²) < 4.78 is 5.13. The second kappa shape index (κ2) is 6.04. The summed E-state index contributed by atoms with van der Waals surface area (Å²) in [7, 11) is 0. The number of aliphatic carboxylic acids is 1. The van der Waals surface area contributed by atoms with E-state index in [1.54, 1.807) is 24.3 Å². The molecule has 1 aliphatic carbocycles. The van der Waals surface area contributed by atoms with Crippen molar-refractivity contribution >= 4 is 23.5 Å². The molecule has 1 heterocycles. The Morgan fingerprint density at radius 1 is 1.39 bits per heavy atom. The van der Waals surface area contributed by atoms with Gasteiger partial charge in [-0.2, -0.15) is 0 Å². The van der Waals surface area contributed by atoms with Crippen LogP contribution in [-0.4, -0.2) is 39.1 Å². The van der Waals surface area contributed by atoms with Gasteiger partial charge in [-0.25, -0.2) is 4.79 Å². The first kappa shape index (κ1) is 15.6. The van der Waals surface area contributed by atoms with E-state index < -0.39 is 17.9 Å². The first-order valence-electron chi connectivity index (χ1n) is 7.25. The van der Waals surface area contributed by atoms with Crippen molar-refractivity contribution in [3.8, 4) is 11.3 Å². The number of aromatic nitrogens is 1. The number of carbonyl (C=O) groups is 2. The zero-order valence-electron chi connectivity index (χ0n) is 12.4. The molecule has 1 aliphatic rings. The van der Waals surface area contributed by atoms with Gasteiger partial charge in [0.25, 0.3) is 5.91 Å². The molecule has 1 saturated carbocycles. The number of carboxylic acids is 1. The Morgan fingerprint density at radius 2 is 2.13 bits per heavy atom. The quantitative estimate of drug-likeness (QED) is 0.908. The van der Waals surface area contributed by atoms with Gasteiger partial charge in [0.2, 0.25) is 5.76 Å². The van der Waals surface area contributed by atoms with Crippen molar-refractivity contribution in [1.82, 2.24) is 10.1 Å². The number of hydrogen-bond acceptors (Lipinski definition) is 4. The maximum Gasteiger partial charge on any atom is 0.326 e. The van der Waals surface area contributed by atoms with E-state index in [-0.39, 0.29) is 11.8 Å². The van der Waals surface area contributed by atoms with Crippen molar-refractivity contribution < 1.29 is 19.2 Å². The first-order valence-corrected chi connectivity index (χ1v) is 7.63. The lowest BCUT2D eigenvalue weighted by Gasteiger charge is -2.25. The third-order valence-corrected chi connectivity index (χ3v) is 4.03. The molecular formula is C16H15ClN2O4. The van der Waals surface area contributed by atoms with E-state index >= 15 is 0 Å². The molecule has 1 N–H and O–H groups in total. The highest BCUT2D eigenvalue weighted by Gasteiger charge is 2.40. The van der Waals surface area contributed by atoms with Crippen molar-refractivity contribution in [3.05, 3.63) is 41.1 Å². The van der Waals surface area contributed by atoms with Crippen LogP contribution in [-0.2, 0) is 4.79 Å². The molecule has 1 aromatic heterocycles. The number of hydrogen-bond donors (Lipinski definition) is 1. The van der Waals surface area contributed by atoms with E-state index in [1.165, 1.54) is 17.9 Å². The van der Waals surface area contributed by atoms with Crippen molar-refractivity contribution in [2.45, 2.75) is 31.8 Å². The summed E-state index contributed by atoms with van der Waals surface area (Å²) in [6, 6.07) is 7.58. The minimum absolute atomic E-state index is 0.0278. The standard InChI is InChI=1S/C16H15ClN2O4/c1-9(16(21)22)19(12-5-6-12)15(20)14-8-13(18-23-14)10-3-2-4-11(17)7-10/h2-4,7-9,12H,5-6H2,1H3,(H,21,22). The average Bonchev–Trinajstić information content (AvgIpc) is 3.22. The number of benzene rings is 1. The van der Waals surface area contributed by atoms with Gasteiger partial charge in [0.15, 0.2) is 0 Å². The highest BCUT2D eigenvalue weighted by Crippen LogP contribution is 2.31. The van der Waals surface area contributed by atoms with Crippen LogP contribution in [0.25, 0.3) is 11.3 Å². The topological polar surface area (TPSA) is 83.6 Å². The zero-order valence-corrected chi connectivity index (χ0v) is 13.2. The number of carboxylic acid groups (broad SMARTS) is 1. The molecule has 1 unspecified atom stereocenters. The number of carbonyl (C=O) groups excluding carboxylic acids is 1. The summed E-state index contributed by atoms with van der Waals surface area (Å²) >= 11 is 5.94. The molecule has 0 spiro atoms. The third-order valence-electron chi connectivity index (χ3n) is 3.79. The number of rotatable bonds is 5. The van der Waals surface area contributed by atoms with Crippen LogP contribution in [0.5, 0.6) is 0 Å². The molecule has 1 atom stereocenters. The van der Waals surface area contributed by atoms with Crippen LogP contribution in [0.2, 0.25) is 5.02 Å². The van der Waals surface area contributed by atoms with Crippen LogP contribution in [0, 0.1) is 0 Å². The van der Waals surface area contributed by atoms with E-state index in [1.807, 2.05) is 0 Å². The Bertz CT molecular complexity index is 754. The summed E-state index contributed by atoms with van der Waals surface area (Å²) in [6.45, 7) is 1.49. The minimum Gasteiger partial charge on any atom is -0.480 e. The molecule has 0 radical (unpaired) electrons. The Morgan fingerprint density at radius 3 is 2.74 bits per heavy atom. The predicted octanol–water partition coefficient (Wildman–Crippen LogP) is 3.07. The largest absolute Gasteiger partial charge is 0.480 e. The molecule has 120 valence electrons. The number of halogens is 1. The molecular weight excluding hydrogens is 320 g/mol. The van der Waals surface area contributed by atoms with Crippen LogP contribution in [0.3, 0.4) is 0 Å². The summed E-state index contributed by atoms with van der Waals surface area (Å²) in [5, 5.41) is 13.6. The molecule has 0 aliphatic heterocycles. The van der Waals surface area contributed by atoms with Gasteiger partial charge < -0.3 is 14.5 Å². The molecule has 7 heteroatoms. The Hall–Kier alpha value is -2.34. The number of nitrogens with zero attached hydrogens (tertiary/aromatic N) is 2. The monoisotopic (exact) mass is 334 g/mol. The average molecular weight is 335 g/mol. The normalized spacial score (nSPS) is 15.2. The SMILES string of the molecule is CC(C(=O)O)N(C(=O)c1cc(-c2cccc(Cl)c2)no1)C1CC1. The van der Waals surface area contributed by atoms with Gasteiger partial charge in [-0.05, 0) is 31.9 Å². The van der Waals surface area contributed by atoms with Gasteiger partial charge in [0, 0.05) is 22.7 Å². The summed E-state index contributed by atoms with van der Waals surface area (Å²) in [4.78, 5) is 25.2. The highest BCUT2D eigenvalue weighted by atomic mass is 35.5. The maximum absolute atomic E-state index is 12.6. The lowest BCUT2D eigenvalue weighted by atomic mass is 10.1. The molecule has 1 aromatic carbocycles. The van der Waals surface area contributed by atoms with Crippen molar-refractivity contribution in [1.29, 1.82) is 0 Å². The maximum atomic E-state index is 12.6. The first-order chi connectivity index (χ1) is 11.0. The Balaban J connectivity index is 1.86. The van der Waals surface area contributed by atoms with Gasteiger partial charge in [-0.1, -0.05) is 28.9 Å². The smallest absolute Gasteiger partial charge is 0.326 e. The van der Waals surface area contributed by atoms with Crippen molar-refractivity contribution in [2.75, 3.05) is 0 Å². The van der Waals surface area contributed by atoms with Gasteiger partial charge >= 0.3 is 5.97 Å². The van der Waals surface area contributed by atoms with E-state index in [0.717, 1.165) is 18.4 Å². The predicted molar refractivity (Wildman–Crippen MR) is 83.2 cm³/mol. The molecule has 1 fully saturated rings. The van der Waals surface area contributed by atoms with Crippen LogP contribution in [0.4, 0.5) is 0 Å².